The lowest BCUT2D eigenvalue weighted by Gasteiger charge is -2.33. The highest BCUT2D eigenvalue weighted by atomic mass is 32.2. The van der Waals surface area contributed by atoms with Crippen molar-refractivity contribution in [3.8, 4) is 0 Å². The fraction of sp³-hybridized carbons (Fsp3) is 0.667. The van der Waals surface area contributed by atoms with Crippen molar-refractivity contribution in [2.75, 3.05) is 31.2 Å². The lowest BCUT2D eigenvalue weighted by atomic mass is 10.0. The lowest BCUT2D eigenvalue weighted by molar-refractivity contribution is 0.0949. The smallest absolute Gasteiger partial charge is 0.254 e. The molecule has 1 amide bonds. The molecule has 9 heteroatoms. The first kappa shape index (κ1) is 18.6. The predicted octanol–water partition coefficient (Wildman–Crippen LogP) is 0.842. The van der Waals surface area contributed by atoms with E-state index in [-0.39, 0.29) is 11.9 Å². The van der Waals surface area contributed by atoms with Gasteiger partial charge in [0, 0.05) is 38.1 Å². The maximum Gasteiger partial charge on any atom is 0.254 e. The van der Waals surface area contributed by atoms with Crippen LogP contribution in [0.4, 0.5) is 5.95 Å². The highest BCUT2D eigenvalue weighted by Gasteiger charge is 2.28. The van der Waals surface area contributed by atoms with E-state index in [1.54, 1.807) is 4.31 Å². The summed E-state index contributed by atoms with van der Waals surface area (Å²) >= 11 is 0. The van der Waals surface area contributed by atoms with Gasteiger partial charge >= 0.3 is 0 Å². The number of hydrogen-bond acceptors (Lipinski definition) is 6. The quantitative estimate of drug-likeness (QED) is 0.751. The van der Waals surface area contributed by atoms with Crippen molar-refractivity contribution in [1.29, 1.82) is 0 Å². The number of hydrogen-bond donors (Lipinski definition) is 2. The molecule has 1 atom stereocenters. The minimum atomic E-state index is -3.19. The number of rotatable bonds is 7. The number of anilines is 1. The molecule has 2 heterocycles. The Morgan fingerprint density at radius 2 is 2.04 bits per heavy atom. The molecule has 0 bridgehead atoms. The molecule has 0 saturated carbocycles. The van der Waals surface area contributed by atoms with Gasteiger partial charge in [0.15, 0.2) is 0 Å². The van der Waals surface area contributed by atoms with Crippen LogP contribution in [-0.2, 0) is 10.0 Å². The summed E-state index contributed by atoms with van der Waals surface area (Å²) < 4.78 is 25.2. The van der Waals surface area contributed by atoms with Crippen molar-refractivity contribution in [2.24, 2.45) is 0 Å². The molecule has 0 unspecified atom stereocenters. The molecule has 1 aliphatic heterocycles. The molecule has 0 aliphatic carbocycles. The SMILES string of the molecule is CCNc1ncc(C(=O)NCC[C@@H]2CCCCN2S(C)(=O)=O)cn1. The van der Waals surface area contributed by atoms with Crippen LogP contribution in [0.15, 0.2) is 12.4 Å². The normalized spacial score (nSPS) is 19.0. The number of carbonyl (C=O) groups is 1. The number of nitrogens with zero attached hydrogens (tertiary/aromatic N) is 3. The first-order valence-electron chi connectivity index (χ1n) is 8.22. The minimum absolute atomic E-state index is 0.0403. The van der Waals surface area contributed by atoms with Crippen LogP contribution in [0.25, 0.3) is 0 Å². The molecule has 2 rings (SSSR count). The molecule has 24 heavy (non-hydrogen) atoms. The van der Waals surface area contributed by atoms with E-state index in [1.807, 2.05) is 6.92 Å². The van der Waals surface area contributed by atoms with Crippen LogP contribution in [0.1, 0.15) is 43.0 Å². The first-order chi connectivity index (χ1) is 11.4. The van der Waals surface area contributed by atoms with Gasteiger partial charge in [0.05, 0.1) is 11.8 Å². The number of piperidine rings is 1. The third-order valence-corrected chi connectivity index (χ3v) is 5.34. The summed E-state index contributed by atoms with van der Waals surface area (Å²) in [6.45, 7) is 3.64. The van der Waals surface area contributed by atoms with Crippen LogP contribution in [-0.4, -0.2) is 60.5 Å². The Bertz CT molecular complexity index is 648. The summed E-state index contributed by atoms with van der Waals surface area (Å²) in [7, 11) is -3.19. The Labute approximate surface area is 143 Å². The first-order valence-corrected chi connectivity index (χ1v) is 10.1. The number of nitrogens with one attached hydrogen (secondary N) is 2. The highest BCUT2D eigenvalue weighted by Crippen LogP contribution is 2.21. The van der Waals surface area contributed by atoms with Crippen LogP contribution >= 0.6 is 0 Å². The zero-order valence-electron chi connectivity index (χ0n) is 14.2. The molecule has 0 spiro atoms. The van der Waals surface area contributed by atoms with Crippen molar-refractivity contribution in [3.05, 3.63) is 18.0 Å². The van der Waals surface area contributed by atoms with Crippen LogP contribution in [0.3, 0.4) is 0 Å². The molecule has 1 fully saturated rings. The van der Waals surface area contributed by atoms with E-state index in [9.17, 15) is 13.2 Å². The molecule has 134 valence electrons. The van der Waals surface area contributed by atoms with Crippen LogP contribution < -0.4 is 10.6 Å². The Hall–Kier alpha value is -1.74. The monoisotopic (exact) mass is 355 g/mol. The van der Waals surface area contributed by atoms with Gasteiger partial charge in [-0.25, -0.2) is 18.4 Å². The van der Waals surface area contributed by atoms with Gasteiger partial charge in [0.25, 0.3) is 5.91 Å². The van der Waals surface area contributed by atoms with Crippen molar-refractivity contribution < 1.29 is 13.2 Å². The molecule has 2 N–H and O–H groups in total. The fourth-order valence-electron chi connectivity index (χ4n) is 2.85. The number of aromatic nitrogens is 2. The molecular weight excluding hydrogens is 330 g/mol. The largest absolute Gasteiger partial charge is 0.355 e. The third-order valence-electron chi connectivity index (χ3n) is 4.01. The van der Waals surface area contributed by atoms with Crippen LogP contribution in [0.2, 0.25) is 0 Å². The van der Waals surface area contributed by atoms with Gasteiger partial charge in [0.2, 0.25) is 16.0 Å². The number of carbonyl (C=O) groups excluding carboxylic acids is 1. The molecular formula is C15H25N5O3S. The number of amides is 1. The average molecular weight is 355 g/mol. The van der Waals surface area contributed by atoms with E-state index >= 15 is 0 Å². The Kier molecular flexibility index (Phi) is 6.50. The molecule has 8 nitrogen and oxygen atoms in total. The van der Waals surface area contributed by atoms with Crippen molar-refractivity contribution in [1.82, 2.24) is 19.6 Å². The Morgan fingerprint density at radius 1 is 1.33 bits per heavy atom. The maximum absolute atomic E-state index is 12.1. The zero-order chi connectivity index (χ0) is 17.6. The van der Waals surface area contributed by atoms with Gasteiger partial charge < -0.3 is 10.6 Å². The van der Waals surface area contributed by atoms with E-state index < -0.39 is 10.0 Å². The summed E-state index contributed by atoms with van der Waals surface area (Å²) in [6.07, 6.45) is 7.55. The van der Waals surface area contributed by atoms with Crippen LogP contribution in [0.5, 0.6) is 0 Å². The lowest BCUT2D eigenvalue weighted by Crippen LogP contribution is -2.44. The van der Waals surface area contributed by atoms with Crippen LogP contribution in [0, 0.1) is 0 Å². The van der Waals surface area contributed by atoms with E-state index in [0.29, 0.717) is 37.6 Å². The molecule has 1 aromatic heterocycles. The second-order valence-electron chi connectivity index (χ2n) is 5.89. The van der Waals surface area contributed by atoms with Gasteiger partial charge in [-0.05, 0) is 26.2 Å². The molecule has 0 radical (unpaired) electrons. The van der Waals surface area contributed by atoms with Gasteiger partial charge in [-0.3, -0.25) is 4.79 Å². The van der Waals surface area contributed by atoms with Gasteiger partial charge in [-0.15, -0.1) is 0 Å². The van der Waals surface area contributed by atoms with Gasteiger partial charge in [-0.2, -0.15) is 4.31 Å². The number of sulfonamides is 1. The fourth-order valence-corrected chi connectivity index (χ4v) is 4.06. The van der Waals surface area contributed by atoms with Gasteiger partial charge in [0.1, 0.15) is 0 Å². The summed E-state index contributed by atoms with van der Waals surface area (Å²) in [4.78, 5) is 20.2. The molecule has 1 saturated heterocycles. The molecule has 0 aromatic carbocycles. The maximum atomic E-state index is 12.1. The van der Waals surface area contributed by atoms with E-state index in [4.69, 9.17) is 0 Å². The summed E-state index contributed by atoms with van der Waals surface area (Å²) in [5, 5.41) is 5.77. The summed E-state index contributed by atoms with van der Waals surface area (Å²) in [6, 6.07) is -0.0403. The molecule has 1 aromatic rings. The highest BCUT2D eigenvalue weighted by molar-refractivity contribution is 7.88. The van der Waals surface area contributed by atoms with Crippen molar-refractivity contribution in [2.45, 2.75) is 38.6 Å². The predicted molar refractivity (Wildman–Crippen MR) is 92.3 cm³/mol. The average Bonchev–Trinajstić information content (AvgIpc) is 2.55. The zero-order valence-corrected chi connectivity index (χ0v) is 15.0. The van der Waals surface area contributed by atoms with E-state index in [2.05, 4.69) is 20.6 Å². The Balaban J connectivity index is 1.85. The Morgan fingerprint density at radius 3 is 2.67 bits per heavy atom. The molecule has 1 aliphatic rings. The minimum Gasteiger partial charge on any atom is -0.355 e. The second-order valence-corrected chi connectivity index (χ2v) is 7.83. The standard InChI is InChI=1S/C15H25N5O3S/c1-3-16-15-18-10-12(11-19-15)14(21)17-8-7-13-6-4-5-9-20(13)24(2,22)23/h10-11,13H,3-9H2,1-2H3,(H,17,21)(H,16,18,19)/t13-/m0/s1. The summed E-state index contributed by atoms with van der Waals surface area (Å²) in [5.74, 6) is 0.236. The third kappa shape index (κ3) is 5.13. The summed E-state index contributed by atoms with van der Waals surface area (Å²) in [5.41, 5.74) is 0.389. The van der Waals surface area contributed by atoms with Crippen molar-refractivity contribution in [3.63, 3.8) is 0 Å². The second kappa shape index (κ2) is 8.39. The van der Waals surface area contributed by atoms with Crippen molar-refractivity contribution >= 4 is 21.9 Å². The van der Waals surface area contributed by atoms with E-state index in [0.717, 1.165) is 19.3 Å². The van der Waals surface area contributed by atoms with E-state index in [1.165, 1.54) is 18.6 Å². The topological polar surface area (TPSA) is 104 Å². The van der Waals surface area contributed by atoms with Gasteiger partial charge in [-0.1, -0.05) is 6.42 Å².